The molecule has 15 heavy (non-hydrogen) atoms. The molecule has 1 heterocycles. The van der Waals surface area contributed by atoms with Gasteiger partial charge >= 0.3 is 0 Å². The van der Waals surface area contributed by atoms with E-state index < -0.39 is 0 Å². The molecule has 4 heteroatoms. The molecule has 0 saturated carbocycles. The predicted molar refractivity (Wildman–Crippen MR) is 63.7 cm³/mol. The number of thiophene rings is 1. The van der Waals surface area contributed by atoms with E-state index in [1.165, 1.54) is 4.88 Å². The van der Waals surface area contributed by atoms with Crippen LogP contribution >= 0.6 is 11.3 Å². The molecule has 1 aromatic rings. The maximum atomic E-state index is 11.7. The second-order valence-electron chi connectivity index (χ2n) is 3.70. The van der Waals surface area contributed by atoms with Crippen molar-refractivity contribution >= 4 is 17.2 Å². The molecule has 1 amide bonds. The number of amides is 1. The van der Waals surface area contributed by atoms with Crippen molar-refractivity contribution in [1.29, 1.82) is 0 Å². The minimum Gasteiger partial charge on any atom is -0.341 e. The minimum atomic E-state index is -0.0108. The van der Waals surface area contributed by atoms with Crippen LogP contribution in [0.2, 0.25) is 0 Å². The Kier molecular flexibility index (Phi) is 4.78. The summed E-state index contributed by atoms with van der Waals surface area (Å²) in [6.07, 6.45) is 1.29. The van der Waals surface area contributed by atoms with Crippen molar-refractivity contribution in [2.24, 2.45) is 5.73 Å². The van der Waals surface area contributed by atoms with Crippen molar-refractivity contribution in [2.75, 3.05) is 7.05 Å². The first-order valence-electron chi connectivity index (χ1n) is 5.15. The third-order valence-electron chi connectivity index (χ3n) is 2.36. The Hall–Kier alpha value is -0.870. The molecule has 0 aliphatic heterocycles. The number of nitrogens with two attached hydrogens (primary N) is 1. The molecule has 0 aromatic carbocycles. The molecule has 0 bridgehead atoms. The largest absolute Gasteiger partial charge is 0.341 e. The quantitative estimate of drug-likeness (QED) is 0.832. The highest BCUT2D eigenvalue weighted by Gasteiger charge is 2.12. The highest BCUT2D eigenvalue weighted by atomic mass is 32.1. The summed E-state index contributed by atoms with van der Waals surface area (Å²) >= 11 is 1.67. The lowest BCUT2D eigenvalue weighted by molar-refractivity contribution is -0.130. The van der Waals surface area contributed by atoms with E-state index in [-0.39, 0.29) is 11.9 Å². The van der Waals surface area contributed by atoms with Gasteiger partial charge in [0.2, 0.25) is 5.91 Å². The van der Waals surface area contributed by atoms with Gasteiger partial charge < -0.3 is 10.6 Å². The monoisotopic (exact) mass is 226 g/mol. The van der Waals surface area contributed by atoms with Gasteiger partial charge in [-0.3, -0.25) is 4.79 Å². The summed E-state index contributed by atoms with van der Waals surface area (Å²) in [5.74, 6) is 0.123. The Balaban J connectivity index is 2.40. The van der Waals surface area contributed by atoms with E-state index in [0.717, 1.165) is 6.42 Å². The summed E-state index contributed by atoms with van der Waals surface area (Å²) in [5.41, 5.74) is 5.74. The molecule has 0 radical (unpaired) electrons. The first-order chi connectivity index (χ1) is 7.13. The zero-order valence-corrected chi connectivity index (χ0v) is 10.1. The van der Waals surface area contributed by atoms with Crippen LogP contribution in [-0.4, -0.2) is 23.9 Å². The fourth-order valence-electron chi connectivity index (χ4n) is 1.25. The molecule has 1 rings (SSSR count). The first kappa shape index (κ1) is 12.2. The lowest BCUT2D eigenvalue weighted by atomic mass is 10.1. The van der Waals surface area contributed by atoms with Gasteiger partial charge in [0, 0.05) is 24.4 Å². The fourth-order valence-corrected chi connectivity index (χ4v) is 2.01. The summed E-state index contributed by atoms with van der Waals surface area (Å²) in [5, 5.41) is 2.02. The Bertz CT molecular complexity index is 298. The summed E-state index contributed by atoms with van der Waals surface area (Å²) in [7, 11) is 1.82. The highest BCUT2D eigenvalue weighted by molar-refractivity contribution is 7.09. The van der Waals surface area contributed by atoms with Gasteiger partial charge in [-0.25, -0.2) is 0 Å². The first-order valence-corrected chi connectivity index (χ1v) is 6.03. The molecule has 0 aliphatic carbocycles. The van der Waals surface area contributed by atoms with Crippen LogP contribution in [0.15, 0.2) is 17.5 Å². The lowest BCUT2D eigenvalue weighted by Gasteiger charge is -2.18. The van der Waals surface area contributed by atoms with Gasteiger partial charge in [-0.2, -0.15) is 0 Å². The van der Waals surface area contributed by atoms with Crippen LogP contribution in [0, 0.1) is 0 Å². The van der Waals surface area contributed by atoms with Crippen molar-refractivity contribution in [1.82, 2.24) is 4.90 Å². The van der Waals surface area contributed by atoms with Crippen molar-refractivity contribution in [3.8, 4) is 0 Å². The highest BCUT2D eigenvalue weighted by Crippen LogP contribution is 2.11. The molecule has 0 fully saturated rings. The fraction of sp³-hybridized carbons (Fsp3) is 0.545. The van der Waals surface area contributed by atoms with Crippen LogP contribution in [-0.2, 0) is 11.3 Å². The third-order valence-corrected chi connectivity index (χ3v) is 3.22. The molecule has 1 atom stereocenters. The second kappa shape index (κ2) is 5.88. The van der Waals surface area contributed by atoms with E-state index in [1.54, 1.807) is 16.2 Å². The average Bonchev–Trinajstić information content (AvgIpc) is 2.70. The standard InChI is InChI=1S/C11H18N2OS/c1-3-9(12)7-11(14)13(2)8-10-5-4-6-15-10/h4-6,9H,3,7-8,12H2,1-2H3. The van der Waals surface area contributed by atoms with E-state index in [4.69, 9.17) is 5.73 Å². The van der Waals surface area contributed by atoms with Gasteiger partial charge in [-0.05, 0) is 17.9 Å². The molecule has 1 unspecified atom stereocenters. The molecule has 84 valence electrons. The third kappa shape index (κ3) is 4.01. The number of carbonyl (C=O) groups is 1. The molecule has 3 nitrogen and oxygen atoms in total. The minimum absolute atomic E-state index is 0.0108. The van der Waals surface area contributed by atoms with Gasteiger partial charge in [0.1, 0.15) is 0 Å². The van der Waals surface area contributed by atoms with Gasteiger partial charge in [0.25, 0.3) is 0 Å². The topological polar surface area (TPSA) is 46.3 Å². The number of hydrogen-bond acceptors (Lipinski definition) is 3. The van der Waals surface area contributed by atoms with Crippen LogP contribution in [0.25, 0.3) is 0 Å². The van der Waals surface area contributed by atoms with Crippen molar-refractivity contribution < 1.29 is 4.79 Å². The molecule has 0 spiro atoms. The molecule has 0 saturated heterocycles. The maximum Gasteiger partial charge on any atom is 0.224 e. The number of carbonyl (C=O) groups excluding carboxylic acids is 1. The Labute approximate surface area is 94.9 Å². The van der Waals surface area contributed by atoms with Crippen molar-refractivity contribution in [3.63, 3.8) is 0 Å². The zero-order chi connectivity index (χ0) is 11.3. The van der Waals surface area contributed by atoms with Crippen LogP contribution in [0.5, 0.6) is 0 Å². The average molecular weight is 226 g/mol. The van der Waals surface area contributed by atoms with Crippen LogP contribution in [0.3, 0.4) is 0 Å². The summed E-state index contributed by atoms with van der Waals surface area (Å²) in [6.45, 7) is 2.68. The normalized spacial score (nSPS) is 12.5. The van der Waals surface area contributed by atoms with Crippen molar-refractivity contribution in [2.45, 2.75) is 32.4 Å². The molecular weight excluding hydrogens is 208 g/mol. The maximum absolute atomic E-state index is 11.7. The van der Waals surface area contributed by atoms with E-state index in [1.807, 2.05) is 31.5 Å². The zero-order valence-electron chi connectivity index (χ0n) is 9.27. The predicted octanol–water partition coefficient (Wildman–Crippen LogP) is 1.83. The second-order valence-corrected chi connectivity index (χ2v) is 4.73. The SMILES string of the molecule is CCC(N)CC(=O)N(C)Cc1cccs1. The van der Waals surface area contributed by atoms with Crippen LogP contribution in [0.4, 0.5) is 0 Å². The molecule has 2 N–H and O–H groups in total. The summed E-state index contributed by atoms with van der Waals surface area (Å²) in [4.78, 5) is 14.6. The molecular formula is C11H18N2OS. The van der Waals surface area contributed by atoms with E-state index >= 15 is 0 Å². The Morgan fingerprint density at radius 3 is 2.93 bits per heavy atom. The van der Waals surface area contributed by atoms with Gasteiger partial charge in [-0.15, -0.1) is 11.3 Å². The molecule has 0 aliphatic rings. The van der Waals surface area contributed by atoms with E-state index in [0.29, 0.717) is 13.0 Å². The molecule has 1 aromatic heterocycles. The lowest BCUT2D eigenvalue weighted by Crippen LogP contribution is -2.32. The Morgan fingerprint density at radius 2 is 2.40 bits per heavy atom. The van der Waals surface area contributed by atoms with E-state index in [2.05, 4.69) is 0 Å². The number of nitrogens with zero attached hydrogens (tertiary/aromatic N) is 1. The summed E-state index contributed by atoms with van der Waals surface area (Å²) in [6, 6.07) is 4.02. The summed E-state index contributed by atoms with van der Waals surface area (Å²) < 4.78 is 0. The van der Waals surface area contributed by atoms with Crippen LogP contribution < -0.4 is 5.73 Å². The number of hydrogen-bond donors (Lipinski definition) is 1. The smallest absolute Gasteiger partial charge is 0.224 e. The number of rotatable bonds is 5. The van der Waals surface area contributed by atoms with Crippen molar-refractivity contribution in [3.05, 3.63) is 22.4 Å². The Morgan fingerprint density at radius 1 is 1.67 bits per heavy atom. The van der Waals surface area contributed by atoms with E-state index in [9.17, 15) is 4.79 Å². The van der Waals surface area contributed by atoms with Gasteiger partial charge in [0.05, 0.1) is 6.54 Å². The van der Waals surface area contributed by atoms with Gasteiger partial charge in [0.15, 0.2) is 0 Å². The van der Waals surface area contributed by atoms with Gasteiger partial charge in [-0.1, -0.05) is 13.0 Å². The van der Waals surface area contributed by atoms with Crippen LogP contribution in [0.1, 0.15) is 24.6 Å².